The Bertz CT molecular complexity index is 415. The summed E-state index contributed by atoms with van der Waals surface area (Å²) in [5.74, 6) is 1.78. The van der Waals surface area contributed by atoms with Crippen LogP contribution in [0, 0.1) is 5.92 Å². The number of nitrogens with one attached hydrogen (secondary N) is 1. The van der Waals surface area contributed by atoms with Crippen LogP contribution in [0.5, 0.6) is 0 Å². The summed E-state index contributed by atoms with van der Waals surface area (Å²) in [6.07, 6.45) is 5.28. The van der Waals surface area contributed by atoms with Gasteiger partial charge in [0, 0.05) is 31.7 Å². The number of nitrogens with zero attached hydrogens (tertiary/aromatic N) is 4. The van der Waals surface area contributed by atoms with Crippen LogP contribution < -0.4 is 5.32 Å². The Balaban J connectivity index is 2.06. The van der Waals surface area contributed by atoms with Crippen molar-refractivity contribution in [3.05, 3.63) is 12.2 Å². The van der Waals surface area contributed by atoms with E-state index in [2.05, 4.69) is 52.7 Å². The van der Waals surface area contributed by atoms with Gasteiger partial charge in [0.2, 0.25) is 0 Å². The average molecular weight is 293 g/mol. The number of aromatic nitrogens is 3. The first-order chi connectivity index (χ1) is 10.2. The Morgan fingerprint density at radius 3 is 2.81 bits per heavy atom. The highest BCUT2D eigenvalue weighted by atomic mass is 15.4. The summed E-state index contributed by atoms with van der Waals surface area (Å²) in [7, 11) is 0. The Hall–Kier alpha value is -0.940. The second-order valence-corrected chi connectivity index (χ2v) is 6.53. The third-order valence-corrected chi connectivity index (χ3v) is 4.47. The lowest BCUT2D eigenvalue weighted by Crippen LogP contribution is -2.57. The smallest absolute Gasteiger partial charge is 0.141 e. The maximum atomic E-state index is 4.48. The van der Waals surface area contributed by atoms with E-state index in [9.17, 15) is 0 Å². The molecule has 1 aromatic heterocycles. The van der Waals surface area contributed by atoms with E-state index in [0.29, 0.717) is 18.0 Å². The zero-order chi connectivity index (χ0) is 15.2. The van der Waals surface area contributed by atoms with E-state index in [1.807, 2.05) is 0 Å². The van der Waals surface area contributed by atoms with Gasteiger partial charge in [0.15, 0.2) is 0 Å². The Kier molecular flexibility index (Phi) is 6.18. The second kappa shape index (κ2) is 7.90. The van der Waals surface area contributed by atoms with E-state index in [-0.39, 0.29) is 0 Å². The van der Waals surface area contributed by atoms with Crippen molar-refractivity contribution in [2.24, 2.45) is 5.92 Å². The van der Waals surface area contributed by atoms with Gasteiger partial charge in [0.05, 0.1) is 6.54 Å². The normalized spacial score (nSPS) is 23.9. The van der Waals surface area contributed by atoms with Crippen molar-refractivity contribution >= 4 is 0 Å². The summed E-state index contributed by atoms with van der Waals surface area (Å²) in [6, 6.07) is 1.21. The van der Waals surface area contributed by atoms with Crippen molar-refractivity contribution in [1.82, 2.24) is 25.0 Å². The van der Waals surface area contributed by atoms with Crippen LogP contribution in [0.3, 0.4) is 0 Å². The van der Waals surface area contributed by atoms with Gasteiger partial charge in [-0.2, -0.15) is 5.10 Å². The minimum Gasteiger partial charge on any atom is -0.311 e. The molecular formula is C16H31N5. The van der Waals surface area contributed by atoms with Crippen LogP contribution in [0.1, 0.15) is 52.8 Å². The molecular weight excluding hydrogens is 262 g/mol. The zero-order valence-corrected chi connectivity index (χ0v) is 14.0. The van der Waals surface area contributed by atoms with Gasteiger partial charge in [-0.3, -0.25) is 4.90 Å². The van der Waals surface area contributed by atoms with Crippen LogP contribution in [0.2, 0.25) is 0 Å². The average Bonchev–Trinajstić information content (AvgIpc) is 2.88. The van der Waals surface area contributed by atoms with Crippen molar-refractivity contribution in [3.8, 4) is 0 Å². The Morgan fingerprint density at radius 2 is 2.14 bits per heavy atom. The van der Waals surface area contributed by atoms with Crippen LogP contribution in [-0.2, 0) is 13.1 Å². The fourth-order valence-electron chi connectivity index (χ4n) is 3.13. The van der Waals surface area contributed by atoms with Crippen LogP contribution in [0.15, 0.2) is 6.33 Å². The van der Waals surface area contributed by atoms with Crippen LogP contribution in [-0.4, -0.2) is 44.8 Å². The molecule has 5 heteroatoms. The minimum atomic E-state index is 0.584. The topological polar surface area (TPSA) is 46.0 Å². The molecule has 1 saturated heterocycles. The van der Waals surface area contributed by atoms with Gasteiger partial charge in [-0.1, -0.05) is 34.1 Å². The predicted octanol–water partition coefficient (Wildman–Crippen LogP) is 2.29. The number of aryl methyl sites for hydroxylation is 1. The summed E-state index contributed by atoms with van der Waals surface area (Å²) in [5, 5.41) is 8.08. The first kappa shape index (κ1) is 16.4. The lowest BCUT2D eigenvalue weighted by molar-refractivity contribution is 0.0955. The van der Waals surface area contributed by atoms with Gasteiger partial charge < -0.3 is 5.32 Å². The summed E-state index contributed by atoms with van der Waals surface area (Å²) in [5.41, 5.74) is 0. The Morgan fingerprint density at radius 1 is 1.33 bits per heavy atom. The van der Waals surface area contributed by atoms with E-state index in [4.69, 9.17) is 0 Å². The molecule has 21 heavy (non-hydrogen) atoms. The second-order valence-electron chi connectivity index (χ2n) is 6.53. The van der Waals surface area contributed by atoms with Crippen LogP contribution in [0.25, 0.3) is 0 Å². The van der Waals surface area contributed by atoms with E-state index >= 15 is 0 Å². The Labute approximate surface area is 129 Å². The monoisotopic (exact) mass is 293 g/mol. The molecule has 1 aliphatic heterocycles. The van der Waals surface area contributed by atoms with Gasteiger partial charge in [0.25, 0.3) is 0 Å². The number of hydrogen-bond donors (Lipinski definition) is 1. The fourth-order valence-corrected chi connectivity index (χ4v) is 3.13. The van der Waals surface area contributed by atoms with Crippen molar-refractivity contribution in [3.63, 3.8) is 0 Å². The highest BCUT2D eigenvalue weighted by Crippen LogP contribution is 2.18. The van der Waals surface area contributed by atoms with Gasteiger partial charge in [-0.15, -0.1) is 0 Å². The minimum absolute atomic E-state index is 0.584. The molecule has 0 saturated carbocycles. The summed E-state index contributed by atoms with van der Waals surface area (Å²) in [4.78, 5) is 7.10. The molecule has 5 nitrogen and oxygen atoms in total. The molecule has 0 bridgehead atoms. The lowest BCUT2D eigenvalue weighted by Gasteiger charge is -2.41. The van der Waals surface area contributed by atoms with Gasteiger partial charge in [-0.05, 0) is 18.8 Å². The summed E-state index contributed by atoms with van der Waals surface area (Å²) >= 11 is 0. The molecule has 2 rings (SSSR count). The standard InChI is InChI=1S/C16H31N5/c1-5-7-14-9-17-15(13(3)4)10-20(14)11-16-18-12-19-21(16)8-6-2/h12-15,17H,5-11H2,1-4H3. The molecule has 0 radical (unpaired) electrons. The summed E-state index contributed by atoms with van der Waals surface area (Å²) in [6.45, 7) is 13.2. The largest absolute Gasteiger partial charge is 0.311 e. The molecule has 1 aliphatic rings. The van der Waals surface area contributed by atoms with Gasteiger partial charge in [0.1, 0.15) is 12.2 Å². The molecule has 0 amide bonds. The summed E-state index contributed by atoms with van der Waals surface area (Å²) < 4.78 is 2.06. The number of piperazine rings is 1. The van der Waals surface area contributed by atoms with E-state index in [1.165, 1.54) is 12.8 Å². The SMILES string of the molecule is CCCC1CNC(C(C)C)CN1Cc1ncnn1CCC. The van der Waals surface area contributed by atoms with E-state index < -0.39 is 0 Å². The van der Waals surface area contributed by atoms with Crippen molar-refractivity contribution in [2.45, 2.75) is 72.1 Å². The third kappa shape index (κ3) is 4.27. The number of hydrogen-bond acceptors (Lipinski definition) is 4. The predicted molar refractivity (Wildman–Crippen MR) is 86.0 cm³/mol. The quantitative estimate of drug-likeness (QED) is 0.838. The molecule has 2 heterocycles. The van der Waals surface area contributed by atoms with Crippen molar-refractivity contribution < 1.29 is 0 Å². The highest BCUT2D eigenvalue weighted by Gasteiger charge is 2.29. The third-order valence-electron chi connectivity index (χ3n) is 4.47. The van der Waals surface area contributed by atoms with E-state index in [0.717, 1.165) is 38.4 Å². The van der Waals surface area contributed by atoms with Gasteiger partial charge in [-0.25, -0.2) is 9.67 Å². The fraction of sp³-hybridized carbons (Fsp3) is 0.875. The molecule has 0 aromatic carbocycles. The van der Waals surface area contributed by atoms with Crippen molar-refractivity contribution in [1.29, 1.82) is 0 Å². The molecule has 1 fully saturated rings. The first-order valence-corrected chi connectivity index (χ1v) is 8.49. The van der Waals surface area contributed by atoms with Gasteiger partial charge >= 0.3 is 0 Å². The lowest BCUT2D eigenvalue weighted by atomic mass is 9.97. The number of rotatable bonds is 7. The zero-order valence-electron chi connectivity index (χ0n) is 14.0. The molecule has 120 valence electrons. The maximum Gasteiger partial charge on any atom is 0.141 e. The highest BCUT2D eigenvalue weighted by molar-refractivity contribution is 4.92. The molecule has 2 atom stereocenters. The molecule has 1 aromatic rings. The van der Waals surface area contributed by atoms with Crippen LogP contribution in [0.4, 0.5) is 0 Å². The van der Waals surface area contributed by atoms with E-state index in [1.54, 1.807) is 6.33 Å². The molecule has 1 N–H and O–H groups in total. The van der Waals surface area contributed by atoms with Crippen LogP contribution >= 0.6 is 0 Å². The van der Waals surface area contributed by atoms with Crippen molar-refractivity contribution in [2.75, 3.05) is 13.1 Å². The molecule has 0 aliphatic carbocycles. The maximum absolute atomic E-state index is 4.48. The first-order valence-electron chi connectivity index (χ1n) is 8.49. The molecule has 2 unspecified atom stereocenters. The molecule has 0 spiro atoms.